The van der Waals surface area contributed by atoms with Crippen LogP contribution in [0.15, 0.2) is 24.3 Å². The Morgan fingerprint density at radius 2 is 1.89 bits per heavy atom. The van der Waals surface area contributed by atoms with E-state index in [4.69, 9.17) is 9.84 Å². The number of ether oxygens (including phenoxy) is 1. The van der Waals surface area contributed by atoms with E-state index in [2.05, 4.69) is 12.2 Å². The average molecular weight is 267 g/mol. The maximum Gasteiger partial charge on any atom is 0.119 e. The average Bonchev–Trinajstić information content (AvgIpc) is 2.49. The first kappa shape index (κ1) is 16.0. The van der Waals surface area contributed by atoms with Crippen LogP contribution in [0.4, 0.5) is 0 Å². The minimum Gasteiger partial charge on any atom is -0.494 e. The molecule has 0 fully saturated rings. The first-order valence-corrected chi connectivity index (χ1v) is 6.82. The SMILES string of the molecule is CCC(CO)(CCCOc1ccc(CO)cc1)NC. The van der Waals surface area contributed by atoms with Gasteiger partial charge in [-0.25, -0.2) is 0 Å². The fourth-order valence-electron chi connectivity index (χ4n) is 2.04. The number of aliphatic hydroxyl groups excluding tert-OH is 2. The number of rotatable bonds is 9. The first-order valence-electron chi connectivity index (χ1n) is 6.82. The summed E-state index contributed by atoms with van der Waals surface area (Å²) in [7, 11) is 1.88. The van der Waals surface area contributed by atoms with Crippen LogP contribution in [0.2, 0.25) is 0 Å². The number of likely N-dealkylation sites (N-methyl/N-ethyl adjacent to an activating group) is 1. The zero-order chi connectivity index (χ0) is 14.1. The highest BCUT2D eigenvalue weighted by atomic mass is 16.5. The standard InChI is InChI=1S/C15H25NO3/c1-3-15(12-18,16-2)9-4-10-19-14-7-5-13(11-17)6-8-14/h5-8,16-18H,3-4,9-12H2,1-2H3. The molecule has 1 rings (SSSR count). The fourth-order valence-corrected chi connectivity index (χ4v) is 2.04. The predicted molar refractivity (Wildman–Crippen MR) is 76.3 cm³/mol. The van der Waals surface area contributed by atoms with Crippen LogP contribution in [0.1, 0.15) is 31.7 Å². The lowest BCUT2D eigenvalue weighted by atomic mass is 9.92. The van der Waals surface area contributed by atoms with E-state index in [1.807, 2.05) is 31.3 Å². The first-order chi connectivity index (χ1) is 9.19. The largest absolute Gasteiger partial charge is 0.494 e. The summed E-state index contributed by atoms with van der Waals surface area (Å²) in [4.78, 5) is 0. The van der Waals surface area contributed by atoms with Gasteiger partial charge < -0.3 is 20.3 Å². The topological polar surface area (TPSA) is 61.7 Å². The molecule has 0 aliphatic carbocycles. The lowest BCUT2D eigenvalue weighted by Crippen LogP contribution is -2.46. The molecule has 0 aromatic heterocycles. The summed E-state index contributed by atoms with van der Waals surface area (Å²) in [5.41, 5.74) is 0.692. The van der Waals surface area contributed by atoms with Crippen LogP contribution < -0.4 is 10.1 Å². The van der Waals surface area contributed by atoms with E-state index >= 15 is 0 Å². The second-order valence-electron chi connectivity index (χ2n) is 4.80. The normalized spacial score (nSPS) is 14.1. The van der Waals surface area contributed by atoms with Crippen molar-refractivity contribution in [1.82, 2.24) is 5.32 Å². The highest BCUT2D eigenvalue weighted by Gasteiger charge is 2.24. The molecule has 0 aliphatic rings. The third kappa shape index (κ3) is 4.82. The molecule has 0 heterocycles. The van der Waals surface area contributed by atoms with Gasteiger partial charge in [-0.05, 0) is 44.0 Å². The van der Waals surface area contributed by atoms with E-state index in [0.717, 1.165) is 30.6 Å². The molecule has 4 nitrogen and oxygen atoms in total. The van der Waals surface area contributed by atoms with Crippen molar-refractivity contribution < 1.29 is 14.9 Å². The summed E-state index contributed by atoms with van der Waals surface area (Å²) in [6, 6.07) is 7.44. The number of aliphatic hydroxyl groups is 2. The third-order valence-corrected chi connectivity index (χ3v) is 3.68. The minimum absolute atomic E-state index is 0.0535. The zero-order valence-electron chi connectivity index (χ0n) is 11.9. The third-order valence-electron chi connectivity index (χ3n) is 3.68. The monoisotopic (exact) mass is 267 g/mol. The molecule has 0 radical (unpaired) electrons. The summed E-state index contributed by atoms with van der Waals surface area (Å²) < 4.78 is 5.64. The lowest BCUT2D eigenvalue weighted by molar-refractivity contribution is 0.145. The van der Waals surface area contributed by atoms with Crippen LogP contribution >= 0.6 is 0 Å². The van der Waals surface area contributed by atoms with Crippen LogP contribution in [0, 0.1) is 0 Å². The molecule has 0 aliphatic heterocycles. The van der Waals surface area contributed by atoms with E-state index < -0.39 is 0 Å². The van der Waals surface area contributed by atoms with Crippen molar-refractivity contribution in [3.8, 4) is 5.75 Å². The highest BCUT2D eigenvalue weighted by molar-refractivity contribution is 5.26. The van der Waals surface area contributed by atoms with Gasteiger partial charge in [0.15, 0.2) is 0 Å². The Kier molecular flexibility index (Phi) is 6.84. The van der Waals surface area contributed by atoms with Crippen LogP contribution in [0.5, 0.6) is 5.75 Å². The van der Waals surface area contributed by atoms with Gasteiger partial charge in [0.05, 0.1) is 19.8 Å². The Morgan fingerprint density at radius 1 is 1.21 bits per heavy atom. The maximum atomic E-state index is 9.42. The van der Waals surface area contributed by atoms with E-state index in [-0.39, 0.29) is 18.8 Å². The molecule has 1 aromatic carbocycles. The maximum absolute atomic E-state index is 9.42. The van der Waals surface area contributed by atoms with Crippen molar-refractivity contribution >= 4 is 0 Å². The van der Waals surface area contributed by atoms with Crippen molar-refractivity contribution in [2.24, 2.45) is 0 Å². The van der Waals surface area contributed by atoms with Crippen molar-refractivity contribution in [2.45, 2.75) is 38.3 Å². The Hall–Kier alpha value is -1.10. The van der Waals surface area contributed by atoms with Gasteiger partial charge in [-0.15, -0.1) is 0 Å². The van der Waals surface area contributed by atoms with Crippen molar-refractivity contribution in [2.75, 3.05) is 20.3 Å². The van der Waals surface area contributed by atoms with Gasteiger partial charge >= 0.3 is 0 Å². The molecule has 1 atom stereocenters. The summed E-state index contributed by atoms with van der Waals surface area (Å²) in [6.07, 6.45) is 2.66. The van der Waals surface area contributed by atoms with E-state index in [1.54, 1.807) is 0 Å². The van der Waals surface area contributed by atoms with Crippen LogP contribution in [-0.2, 0) is 6.61 Å². The van der Waals surface area contributed by atoms with Gasteiger partial charge in [0.25, 0.3) is 0 Å². The van der Waals surface area contributed by atoms with Crippen LogP contribution in [0.3, 0.4) is 0 Å². The number of benzene rings is 1. The van der Waals surface area contributed by atoms with Gasteiger partial charge in [0.1, 0.15) is 5.75 Å². The Balaban J connectivity index is 2.33. The second-order valence-corrected chi connectivity index (χ2v) is 4.80. The van der Waals surface area contributed by atoms with Crippen molar-refractivity contribution in [1.29, 1.82) is 0 Å². The zero-order valence-corrected chi connectivity index (χ0v) is 11.9. The summed E-state index contributed by atoms with van der Waals surface area (Å²) in [6.45, 7) is 2.90. The summed E-state index contributed by atoms with van der Waals surface area (Å²) in [5.74, 6) is 0.813. The summed E-state index contributed by atoms with van der Waals surface area (Å²) >= 11 is 0. The molecule has 19 heavy (non-hydrogen) atoms. The van der Waals surface area contributed by atoms with Gasteiger partial charge in [0.2, 0.25) is 0 Å². The summed E-state index contributed by atoms with van der Waals surface area (Å²) in [5, 5.41) is 21.6. The van der Waals surface area contributed by atoms with Crippen molar-refractivity contribution in [3.05, 3.63) is 29.8 Å². The molecule has 0 saturated carbocycles. The number of hydrogen-bond donors (Lipinski definition) is 3. The molecular formula is C15H25NO3. The molecule has 0 saturated heterocycles. The predicted octanol–water partition coefficient (Wildman–Crippen LogP) is 1.70. The number of nitrogens with one attached hydrogen (secondary N) is 1. The molecule has 108 valence electrons. The second kappa shape index (κ2) is 8.15. The highest BCUT2D eigenvalue weighted by Crippen LogP contribution is 2.17. The van der Waals surface area contributed by atoms with E-state index in [0.29, 0.717) is 6.61 Å². The van der Waals surface area contributed by atoms with Gasteiger partial charge in [-0.2, -0.15) is 0 Å². The van der Waals surface area contributed by atoms with Crippen LogP contribution in [-0.4, -0.2) is 36.0 Å². The number of hydrogen-bond acceptors (Lipinski definition) is 4. The molecule has 4 heteroatoms. The van der Waals surface area contributed by atoms with Gasteiger partial charge in [-0.3, -0.25) is 0 Å². The van der Waals surface area contributed by atoms with Gasteiger partial charge in [-0.1, -0.05) is 19.1 Å². The molecule has 0 amide bonds. The minimum atomic E-state index is -0.190. The molecule has 0 bridgehead atoms. The Bertz CT molecular complexity index is 339. The quantitative estimate of drug-likeness (QED) is 0.596. The molecule has 3 N–H and O–H groups in total. The Morgan fingerprint density at radius 3 is 2.37 bits per heavy atom. The molecule has 0 spiro atoms. The van der Waals surface area contributed by atoms with Crippen molar-refractivity contribution in [3.63, 3.8) is 0 Å². The van der Waals surface area contributed by atoms with E-state index in [9.17, 15) is 5.11 Å². The van der Waals surface area contributed by atoms with Crippen LogP contribution in [0.25, 0.3) is 0 Å². The molecular weight excluding hydrogens is 242 g/mol. The molecule has 1 aromatic rings. The fraction of sp³-hybridized carbons (Fsp3) is 0.600. The van der Waals surface area contributed by atoms with Gasteiger partial charge in [0, 0.05) is 5.54 Å². The smallest absolute Gasteiger partial charge is 0.119 e. The lowest BCUT2D eigenvalue weighted by Gasteiger charge is -2.30. The Labute approximate surface area is 115 Å². The van der Waals surface area contributed by atoms with E-state index in [1.165, 1.54) is 0 Å². The molecule has 1 unspecified atom stereocenters.